The first-order chi connectivity index (χ1) is 9.58. The Morgan fingerprint density at radius 2 is 2.15 bits per heavy atom. The summed E-state index contributed by atoms with van der Waals surface area (Å²) in [5, 5.41) is 4.30. The first-order valence-electron chi connectivity index (χ1n) is 6.97. The van der Waals surface area contributed by atoms with Gasteiger partial charge in [0.2, 0.25) is 5.78 Å². The van der Waals surface area contributed by atoms with Crippen LogP contribution in [0.5, 0.6) is 0 Å². The van der Waals surface area contributed by atoms with Crippen molar-refractivity contribution >= 4 is 33.0 Å². The van der Waals surface area contributed by atoms with Crippen molar-refractivity contribution < 1.29 is 4.79 Å². The number of fused-ring (bicyclic) bond motifs is 1. The van der Waals surface area contributed by atoms with E-state index in [0.717, 1.165) is 22.2 Å². The van der Waals surface area contributed by atoms with Crippen LogP contribution in [0.15, 0.2) is 16.7 Å². The van der Waals surface area contributed by atoms with Gasteiger partial charge in [-0.3, -0.25) is 9.48 Å². The fraction of sp³-hybridized carbons (Fsp3) is 0.467. The summed E-state index contributed by atoms with van der Waals surface area (Å²) in [4.78, 5) is 15.0. The number of hydrogen-bond donors (Lipinski definition) is 0. The summed E-state index contributed by atoms with van der Waals surface area (Å²) in [6, 6.07) is 2.26. The number of halogens is 1. The second-order valence-electron chi connectivity index (χ2n) is 5.47. The smallest absolute Gasteiger partial charge is 0.222 e. The Labute approximate surface area is 131 Å². The maximum Gasteiger partial charge on any atom is 0.222 e. The number of thiophene rings is 1. The Morgan fingerprint density at radius 3 is 2.85 bits per heavy atom. The van der Waals surface area contributed by atoms with E-state index in [1.165, 1.54) is 23.3 Å². The highest BCUT2D eigenvalue weighted by Crippen LogP contribution is 2.32. The average Bonchev–Trinajstić information content (AvgIpc) is 3.01. The lowest BCUT2D eigenvalue weighted by Crippen LogP contribution is -2.13. The number of ketones is 1. The number of nitrogens with zero attached hydrogens (tertiary/aromatic N) is 2. The molecule has 0 radical (unpaired) electrons. The highest BCUT2D eigenvalue weighted by Gasteiger charge is 2.24. The van der Waals surface area contributed by atoms with Crippen LogP contribution in [-0.4, -0.2) is 15.6 Å². The molecule has 1 aliphatic carbocycles. The van der Waals surface area contributed by atoms with Crippen LogP contribution in [0.2, 0.25) is 0 Å². The second-order valence-corrected chi connectivity index (χ2v) is 7.47. The van der Waals surface area contributed by atoms with E-state index < -0.39 is 0 Å². The molecule has 0 amide bonds. The van der Waals surface area contributed by atoms with Gasteiger partial charge in [0.25, 0.3) is 0 Å². The normalized spacial score (nSPS) is 14.6. The van der Waals surface area contributed by atoms with Gasteiger partial charge in [0, 0.05) is 10.9 Å². The molecule has 0 spiro atoms. The first kappa shape index (κ1) is 14.0. The van der Waals surface area contributed by atoms with Crippen LogP contribution in [0, 0.1) is 0 Å². The van der Waals surface area contributed by atoms with Crippen molar-refractivity contribution in [2.24, 2.45) is 0 Å². The number of aryl methyl sites for hydroxylation is 2. The standard InChI is InChI=1S/C15H17BrN2OS/c1-9(2)18-14(11(16)8-17-18)15(19)13-7-10-5-3-4-6-12(10)20-13/h7-9H,3-6H2,1-2H3. The van der Waals surface area contributed by atoms with Crippen LogP contribution >= 0.6 is 27.3 Å². The van der Waals surface area contributed by atoms with Crippen molar-refractivity contribution in [1.29, 1.82) is 0 Å². The SMILES string of the molecule is CC(C)n1ncc(Br)c1C(=O)c1cc2c(s1)CCCC2. The minimum atomic E-state index is 0.0856. The van der Waals surface area contributed by atoms with Gasteiger partial charge in [-0.1, -0.05) is 0 Å². The van der Waals surface area contributed by atoms with Crippen LogP contribution in [0.3, 0.4) is 0 Å². The lowest BCUT2D eigenvalue weighted by atomic mass is 9.99. The number of aromatic nitrogens is 2. The quantitative estimate of drug-likeness (QED) is 0.767. The van der Waals surface area contributed by atoms with Gasteiger partial charge in [-0.2, -0.15) is 5.10 Å². The van der Waals surface area contributed by atoms with Gasteiger partial charge in [-0.15, -0.1) is 11.3 Å². The van der Waals surface area contributed by atoms with E-state index in [4.69, 9.17) is 0 Å². The lowest BCUT2D eigenvalue weighted by molar-refractivity contribution is 0.103. The molecule has 5 heteroatoms. The molecule has 3 rings (SSSR count). The average molecular weight is 353 g/mol. The zero-order valence-corrected chi connectivity index (χ0v) is 14.1. The van der Waals surface area contributed by atoms with Crippen molar-refractivity contribution in [2.75, 3.05) is 0 Å². The molecular weight excluding hydrogens is 336 g/mol. The molecule has 2 heterocycles. The van der Waals surface area contributed by atoms with Gasteiger partial charge in [0.05, 0.1) is 15.5 Å². The van der Waals surface area contributed by atoms with Gasteiger partial charge < -0.3 is 0 Å². The molecule has 3 nitrogen and oxygen atoms in total. The summed E-state index contributed by atoms with van der Waals surface area (Å²) in [5.41, 5.74) is 2.04. The van der Waals surface area contributed by atoms with E-state index in [1.54, 1.807) is 22.2 Å². The van der Waals surface area contributed by atoms with Crippen molar-refractivity contribution in [3.05, 3.63) is 37.7 Å². The summed E-state index contributed by atoms with van der Waals surface area (Å²) in [6.45, 7) is 4.07. The van der Waals surface area contributed by atoms with Gasteiger partial charge in [0.1, 0.15) is 5.69 Å². The highest BCUT2D eigenvalue weighted by atomic mass is 79.9. The molecule has 2 aromatic heterocycles. The fourth-order valence-electron chi connectivity index (χ4n) is 2.66. The van der Waals surface area contributed by atoms with Gasteiger partial charge in [-0.05, 0) is 67.1 Å². The topological polar surface area (TPSA) is 34.9 Å². The third kappa shape index (κ3) is 2.37. The molecular formula is C15H17BrN2OS. The predicted molar refractivity (Wildman–Crippen MR) is 84.7 cm³/mol. The van der Waals surface area contributed by atoms with E-state index in [-0.39, 0.29) is 11.8 Å². The fourth-order valence-corrected chi connectivity index (χ4v) is 4.31. The molecule has 0 aliphatic heterocycles. The number of carbonyl (C=O) groups excluding carboxylic acids is 1. The summed E-state index contributed by atoms with van der Waals surface area (Å²) in [6.07, 6.45) is 6.43. The summed E-state index contributed by atoms with van der Waals surface area (Å²) in [5.74, 6) is 0.0856. The van der Waals surface area contributed by atoms with E-state index in [0.29, 0.717) is 5.69 Å². The van der Waals surface area contributed by atoms with Crippen molar-refractivity contribution in [1.82, 2.24) is 9.78 Å². The van der Waals surface area contributed by atoms with Gasteiger partial charge in [0.15, 0.2) is 0 Å². The number of hydrogen-bond acceptors (Lipinski definition) is 3. The molecule has 0 atom stereocenters. The largest absolute Gasteiger partial charge is 0.286 e. The maximum atomic E-state index is 12.8. The molecule has 2 aromatic rings. The third-order valence-corrected chi connectivity index (χ3v) is 5.49. The van der Waals surface area contributed by atoms with E-state index in [1.807, 2.05) is 13.8 Å². The molecule has 0 N–H and O–H groups in total. The Balaban J connectivity index is 2.00. The minimum absolute atomic E-state index is 0.0856. The molecule has 0 bridgehead atoms. The Morgan fingerprint density at radius 1 is 1.40 bits per heavy atom. The van der Waals surface area contributed by atoms with Crippen molar-refractivity contribution in [3.8, 4) is 0 Å². The van der Waals surface area contributed by atoms with Crippen LogP contribution in [0.1, 0.15) is 58.5 Å². The molecule has 0 saturated heterocycles. The molecule has 0 fully saturated rings. The van der Waals surface area contributed by atoms with E-state index in [9.17, 15) is 4.79 Å². The summed E-state index contributed by atoms with van der Waals surface area (Å²) < 4.78 is 2.58. The Kier molecular flexibility index (Phi) is 3.82. The zero-order valence-electron chi connectivity index (χ0n) is 11.6. The number of carbonyl (C=O) groups is 1. The Hall–Kier alpha value is -0.940. The minimum Gasteiger partial charge on any atom is -0.286 e. The van der Waals surface area contributed by atoms with Crippen LogP contribution in [0.4, 0.5) is 0 Å². The second kappa shape index (κ2) is 5.45. The predicted octanol–water partition coefficient (Wildman–Crippen LogP) is 4.40. The first-order valence-corrected chi connectivity index (χ1v) is 8.58. The van der Waals surface area contributed by atoms with Gasteiger partial charge in [-0.25, -0.2) is 0 Å². The monoisotopic (exact) mass is 352 g/mol. The molecule has 0 saturated carbocycles. The van der Waals surface area contributed by atoms with Crippen LogP contribution < -0.4 is 0 Å². The number of rotatable bonds is 3. The van der Waals surface area contributed by atoms with Crippen molar-refractivity contribution in [2.45, 2.75) is 45.6 Å². The lowest BCUT2D eigenvalue weighted by Gasteiger charge is -2.09. The van der Waals surface area contributed by atoms with Crippen LogP contribution in [-0.2, 0) is 12.8 Å². The van der Waals surface area contributed by atoms with Crippen molar-refractivity contribution in [3.63, 3.8) is 0 Å². The third-order valence-electron chi connectivity index (χ3n) is 3.68. The molecule has 0 aromatic carbocycles. The zero-order chi connectivity index (χ0) is 14.3. The molecule has 106 valence electrons. The van der Waals surface area contributed by atoms with Crippen LogP contribution in [0.25, 0.3) is 0 Å². The summed E-state index contributed by atoms with van der Waals surface area (Å²) >= 11 is 5.11. The molecule has 1 aliphatic rings. The van der Waals surface area contributed by atoms with E-state index >= 15 is 0 Å². The van der Waals surface area contributed by atoms with Gasteiger partial charge >= 0.3 is 0 Å². The van der Waals surface area contributed by atoms with E-state index in [2.05, 4.69) is 27.1 Å². The maximum absolute atomic E-state index is 12.8. The summed E-state index contributed by atoms with van der Waals surface area (Å²) in [7, 11) is 0. The molecule has 20 heavy (non-hydrogen) atoms. The highest BCUT2D eigenvalue weighted by molar-refractivity contribution is 9.10. The molecule has 0 unspecified atom stereocenters. The Bertz CT molecular complexity index is 633.